The minimum atomic E-state index is -0.569. The maximum Gasteiger partial charge on any atom is 0.261 e. The van der Waals surface area contributed by atoms with Crippen LogP contribution in [-0.2, 0) is 4.79 Å². The van der Waals surface area contributed by atoms with Crippen LogP contribution >= 0.6 is 0 Å². The summed E-state index contributed by atoms with van der Waals surface area (Å²) in [6.45, 7) is 7.51. The third-order valence-corrected chi connectivity index (χ3v) is 2.24. The van der Waals surface area contributed by atoms with Gasteiger partial charge in [0.05, 0.1) is 7.11 Å². The average molecular weight is 251 g/mol. The van der Waals surface area contributed by atoms with Crippen LogP contribution in [0.1, 0.15) is 27.7 Å². The van der Waals surface area contributed by atoms with E-state index in [2.05, 4.69) is 5.32 Å². The summed E-state index contributed by atoms with van der Waals surface area (Å²) >= 11 is 0. The van der Waals surface area contributed by atoms with Gasteiger partial charge in [0.1, 0.15) is 0 Å². The number of benzene rings is 1. The maximum absolute atomic E-state index is 11.9. The molecule has 0 saturated heterocycles. The topological polar surface area (TPSA) is 47.6 Å². The van der Waals surface area contributed by atoms with Crippen LogP contribution in [0.2, 0.25) is 0 Å². The molecule has 1 rings (SSSR count). The molecule has 0 bridgehead atoms. The molecule has 4 heteroatoms. The molecule has 0 saturated carbocycles. The molecule has 0 spiro atoms. The number of methoxy groups -OCH3 is 1. The molecule has 1 N–H and O–H groups in total. The van der Waals surface area contributed by atoms with Crippen LogP contribution in [0.5, 0.6) is 11.5 Å². The van der Waals surface area contributed by atoms with Gasteiger partial charge < -0.3 is 14.8 Å². The van der Waals surface area contributed by atoms with Crippen molar-refractivity contribution in [1.82, 2.24) is 5.32 Å². The van der Waals surface area contributed by atoms with Gasteiger partial charge in [-0.05, 0) is 39.8 Å². The van der Waals surface area contributed by atoms with Crippen LogP contribution < -0.4 is 14.8 Å². The first-order valence-electron chi connectivity index (χ1n) is 5.95. The Balaban J connectivity index is 2.69. The SMILES string of the molecule is COc1ccccc1O[C@@H](C)C(=O)NC(C)(C)C. The van der Waals surface area contributed by atoms with Crippen LogP contribution in [0.4, 0.5) is 0 Å². The lowest BCUT2D eigenvalue weighted by atomic mass is 10.1. The largest absolute Gasteiger partial charge is 0.493 e. The molecule has 100 valence electrons. The zero-order valence-electron chi connectivity index (χ0n) is 11.6. The van der Waals surface area contributed by atoms with Crippen LogP contribution in [0.15, 0.2) is 24.3 Å². The van der Waals surface area contributed by atoms with Gasteiger partial charge in [-0.1, -0.05) is 12.1 Å². The molecule has 0 aromatic heterocycles. The number of carbonyl (C=O) groups is 1. The Morgan fingerprint density at radius 1 is 1.22 bits per heavy atom. The summed E-state index contributed by atoms with van der Waals surface area (Å²) in [5.74, 6) is 1.04. The number of amides is 1. The molecule has 0 unspecified atom stereocenters. The highest BCUT2D eigenvalue weighted by Gasteiger charge is 2.21. The van der Waals surface area contributed by atoms with Gasteiger partial charge in [0.25, 0.3) is 5.91 Å². The molecule has 1 aromatic carbocycles. The van der Waals surface area contributed by atoms with E-state index in [0.717, 1.165) is 0 Å². The molecule has 1 aromatic rings. The fraction of sp³-hybridized carbons (Fsp3) is 0.500. The van der Waals surface area contributed by atoms with E-state index < -0.39 is 6.10 Å². The zero-order chi connectivity index (χ0) is 13.8. The van der Waals surface area contributed by atoms with Gasteiger partial charge in [0, 0.05) is 5.54 Å². The van der Waals surface area contributed by atoms with Gasteiger partial charge >= 0.3 is 0 Å². The fourth-order valence-corrected chi connectivity index (χ4v) is 1.43. The van der Waals surface area contributed by atoms with E-state index in [1.807, 2.05) is 32.9 Å². The molecule has 1 atom stereocenters. The molecule has 0 aliphatic heterocycles. The number of ether oxygens (including phenoxy) is 2. The summed E-state index contributed by atoms with van der Waals surface area (Å²) < 4.78 is 10.8. The molecule has 0 aliphatic carbocycles. The molecule has 4 nitrogen and oxygen atoms in total. The molecule has 0 heterocycles. The second-order valence-corrected chi connectivity index (χ2v) is 5.15. The van der Waals surface area contributed by atoms with Crippen molar-refractivity contribution in [3.05, 3.63) is 24.3 Å². The number of para-hydroxylation sites is 2. The Morgan fingerprint density at radius 2 is 1.78 bits per heavy atom. The van der Waals surface area contributed by atoms with E-state index in [9.17, 15) is 4.79 Å². The van der Waals surface area contributed by atoms with Crippen LogP contribution in [0.25, 0.3) is 0 Å². The van der Waals surface area contributed by atoms with E-state index in [0.29, 0.717) is 11.5 Å². The molecule has 0 aliphatic rings. The fourth-order valence-electron chi connectivity index (χ4n) is 1.43. The summed E-state index contributed by atoms with van der Waals surface area (Å²) in [6, 6.07) is 7.27. The Bertz CT molecular complexity index is 410. The Labute approximate surface area is 108 Å². The van der Waals surface area contributed by atoms with Crippen molar-refractivity contribution in [2.24, 2.45) is 0 Å². The first-order chi connectivity index (χ1) is 8.33. The highest BCUT2D eigenvalue weighted by Crippen LogP contribution is 2.26. The van der Waals surface area contributed by atoms with E-state index >= 15 is 0 Å². The summed E-state index contributed by atoms with van der Waals surface area (Å²) in [5.41, 5.74) is -0.268. The van der Waals surface area contributed by atoms with E-state index in [4.69, 9.17) is 9.47 Å². The monoisotopic (exact) mass is 251 g/mol. The molecular weight excluding hydrogens is 230 g/mol. The average Bonchev–Trinajstić information content (AvgIpc) is 2.27. The van der Waals surface area contributed by atoms with Crippen molar-refractivity contribution in [1.29, 1.82) is 0 Å². The van der Waals surface area contributed by atoms with E-state index in [1.54, 1.807) is 26.2 Å². The van der Waals surface area contributed by atoms with Gasteiger partial charge in [-0.2, -0.15) is 0 Å². The minimum absolute atomic E-state index is 0.145. The number of hydrogen-bond donors (Lipinski definition) is 1. The van der Waals surface area contributed by atoms with Crippen LogP contribution in [0, 0.1) is 0 Å². The van der Waals surface area contributed by atoms with Crippen molar-refractivity contribution in [2.75, 3.05) is 7.11 Å². The summed E-state index contributed by atoms with van der Waals surface area (Å²) in [4.78, 5) is 11.9. The van der Waals surface area contributed by atoms with Gasteiger partial charge in [0.2, 0.25) is 0 Å². The van der Waals surface area contributed by atoms with Gasteiger partial charge in [-0.3, -0.25) is 4.79 Å². The zero-order valence-corrected chi connectivity index (χ0v) is 11.6. The van der Waals surface area contributed by atoms with E-state index in [-0.39, 0.29) is 11.4 Å². The van der Waals surface area contributed by atoms with Crippen molar-refractivity contribution < 1.29 is 14.3 Å². The summed E-state index contributed by atoms with van der Waals surface area (Å²) in [5, 5.41) is 2.87. The number of rotatable bonds is 4. The van der Waals surface area contributed by atoms with Crippen LogP contribution in [-0.4, -0.2) is 24.7 Å². The van der Waals surface area contributed by atoms with Crippen molar-refractivity contribution in [3.8, 4) is 11.5 Å². The van der Waals surface area contributed by atoms with Gasteiger partial charge in [-0.15, -0.1) is 0 Å². The predicted octanol–water partition coefficient (Wildman–Crippen LogP) is 2.38. The van der Waals surface area contributed by atoms with Gasteiger partial charge in [-0.25, -0.2) is 0 Å². The summed E-state index contributed by atoms with van der Waals surface area (Å²) in [6.07, 6.45) is -0.569. The molecule has 0 fully saturated rings. The molecule has 18 heavy (non-hydrogen) atoms. The number of carbonyl (C=O) groups excluding carboxylic acids is 1. The summed E-state index contributed by atoms with van der Waals surface area (Å²) in [7, 11) is 1.57. The first kappa shape index (κ1) is 14.4. The number of nitrogens with one attached hydrogen (secondary N) is 1. The third kappa shape index (κ3) is 4.28. The van der Waals surface area contributed by atoms with Crippen molar-refractivity contribution >= 4 is 5.91 Å². The molecule has 1 amide bonds. The Hall–Kier alpha value is -1.71. The highest BCUT2D eigenvalue weighted by molar-refractivity contribution is 5.81. The highest BCUT2D eigenvalue weighted by atomic mass is 16.5. The Kier molecular flexibility index (Phi) is 4.59. The standard InChI is InChI=1S/C14H21NO3/c1-10(13(16)15-14(2,3)4)18-12-9-7-6-8-11(12)17-5/h6-10H,1-5H3,(H,15,16)/t10-/m0/s1. The second kappa shape index (κ2) is 5.76. The van der Waals surface area contributed by atoms with Crippen molar-refractivity contribution in [2.45, 2.75) is 39.3 Å². The third-order valence-electron chi connectivity index (χ3n) is 2.24. The minimum Gasteiger partial charge on any atom is -0.493 e. The maximum atomic E-state index is 11.9. The smallest absolute Gasteiger partial charge is 0.261 e. The van der Waals surface area contributed by atoms with Crippen LogP contribution in [0.3, 0.4) is 0 Å². The normalized spacial score (nSPS) is 12.7. The van der Waals surface area contributed by atoms with Crippen molar-refractivity contribution in [3.63, 3.8) is 0 Å². The quantitative estimate of drug-likeness (QED) is 0.893. The number of hydrogen-bond acceptors (Lipinski definition) is 3. The molecular formula is C14H21NO3. The Morgan fingerprint density at radius 3 is 2.28 bits per heavy atom. The lowest BCUT2D eigenvalue weighted by Gasteiger charge is -2.24. The van der Waals surface area contributed by atoms with Gasteiger partial charge in [0.15, 0.2) is 17.6 Å². The second-order valence-electron chi connectivity index (χ2n) is 5.15. The molecule has 0 radical (unpaired) electrons. The lowest BCUT2D eigenvalue weighted by molar-refractivity contribution is -0.128. The van der Waals surface area contributed by atoms with E-state index in [1.165, 1.54) is 0 Å². The predicted molar refractivity (Wildman–Crippen MR) is 71.0 cm³/mol. The lowest BCUT2D eigenvalue weighted by Crippen LogP contribution is -2.46. The first-order valence-corrected chi connectivity index (χ1v) is 5.95.